The Hall–Kier alpha value is -1.33. The van der Waals surface area contributed by atoms with Gasteiger partial charge in [-0.2, -0.15) is 0 Å². The monoisotopic (exact) mass is 269 g/mol. The highest BCUT2D eigenvalue weighted by Gasteiger charge is 2.26. The van der Waals surface area contributed by atoms with E-state index in [1.54, 1.807) is 12.1 Å². The molecule has 1 aromatic carbocycles. The van der Waals surface area contributed by atoms with Crippen molar-refractivity contribution < 1.29 is 4.92 Å². The van der Waals surface area contributed by atoms with Crippen LogP contribution in [-0.4, -0.2) is 30.6 Å². The van der Waals surface area contributed by atoms with Crippen LogP contribution in [0.15, 0.2) is 18.2 Å². The Bertz CT molecular complexity index is 447. The lowest BCUT2D eigenvalue weighted by Gasteiger charge is -2.29. The van der Waals surface area contributed by atoms with Crippen molar-refractivity contribution >= 4 is 23.0 Å². The second-order valence-electron chi connectivity index (χ2n) is 4.32. The lowest BCUT2D eigenvalue weighted by Crippen LogP contribution is -2.37. The largest absolute Gasteiger partial charge is 0.362 e. The maximum atomic E-state index is 11.1. The molecule has 98 valence electrons. The summed E-state index contributed by atoms with van der Waals surface area (Å²) in [6.07, 6.45) is 1.01. The summed E-state index contributed by atoms with van der Waals surface area (Å²) < 4.78 is 0. The third kappa shape index (κ3) is 2.57. The van der Waals surface area contributed by atoms with Crippen LogP contribution in [0.2, 0.25) is 5.02 Å². The molecule has 0 amide bonds. The van der Waals surface area contributed by atoms with Crippen molar-refractivity contribution in [1.29, 1.82) is 0 Å². The van der Waals surface area contributed by atoms with Gasteiger partial charge in [0.05, 0.1) is 4.92 Å². The molecule has 0 aliphatic carbocycles. The van der Waals surface area contributed by atoms with E-state index in [9.17, 15) is 10.1 Å². The van der Waals surface area contributed by atoms with Crippen LogP contribution in [0.1, 0.15) is 13.3 Å². The van der Waals surface area contributed by atoms with Crippen LogP contribution in [0, 0.1) is 10.1 Å². The van der Waals surface area contributed by atoms with Crippen molar-refractivity contribution in [1.82, 2.24) is 5.32 Å². The number of rotatable bonds is 4. The van der Waals surface area contributed by atoms with E-state index in [1.807, 2.05) is 6.92 Å². The molecule has 1 fully saturated rings. The van der Waals surface area contributed by atoms with E-state index in [-0.39, 0.29) is 10.6 Å². The number of nitrogens with zero attached hydrogens (tertiary/aromatic N) is 2. The molecule has 0 aromatic heterocycles. The molecule has 0 saturated carbocycles. The second-order valence-corrected chi connectivity index (χ2v) is 4.76. The number of hydrogen-bond donors (Lipinski definition) is 1. The number of hydrogen-bond acceptors (Lipinski definition) is 4. The normalized spacial score (nSPS) is 18.9. The van der Waals surface area contributed by atoms with E-state index in [2.05, 4.69) is 10.2 Å². The summed E-state index contributed by atoms with van der Waals surface area (Å²) in [6.45, 7) is 4.58. The van der Waals surface area contributed by atoms with Gasteiger partial charge in [-0.25, -0.2) is 0 Å². The molecule has 1 aliphatic heterocycles. The van der Waals surface area contributed by atoms with Gasteiger partial charge in [-0.3, -0.25) is 10.1 Å². The van der Waals surface area contributed by atoms with Gasteiger partial charge in [0.1, 0.15) is 5.69 Å². The molecule has 1 aliphatic rings. The quantitative estimate of drug-likeness (QED) is 0.674. The Morgan fingerprint density at radius 3 is 2.94 bits per heavy atom. The van der Waals surface area contributed by atoms with Crippen molar-refractivity contribution in [2.45, 2.75) is 19.4 Å². The minimum absolute atomic E-state index is 0.0799. The molecule has 6 heteroatoms. The van der Waals surface area contributed by atoms with E-state index < -0.39 is 0 Å². The molecule has 1 atom stereocenters. The Morgan fingerprint density at radius 1 is 1.61 bits per heavy atom. The maximum Gasteiger partial charge on any atom is 0.294 e. The average molecular weight is 270 g/mol. The van der Waals surface area contributed by atoms with Gasteiger partial charge in [0, 0.05) is 30.2 Å². The smallest absolute Gasteiger partial charge is 0.294 e. The van der Waals surface area contributed by atoms with Crippen LogP contribution in [0.25, 0.3) is 0 Å². The van der Waals surface area contributed by atoms with E-state index in [1.165, 1.54) is 6.07 Å². The fourth-order valence-electron chi connectivity index (χ4n) is 2.42. The summed E-state index contributed by atoms with van der Waals surface area (Å²) in [7, 11) is 0. The van der Waals surface area contributed by atoms with Crippen molar-refractivity contribution in [3.8, 4) is 0 Å². The van der Waals surface area contributed by atoms with Crippen LogP contribution >= 0.6 is 11.6 Å². The summed E-state index contributed by atoms with van der Waals surface area (Å²) in [6, 6.07) is 5.17. The van der Waals surface area contributed by atoms with Gasteiger partial charge >= 0.3 is 0 Å². The highest BCUT2D eigenvalue weighted by molar-refractivity contribution is 6.30. The highest BCUT2D eigenvalue weighted by atomic mass is 35.5. The van der Waals surface area contributed by atoms with Crippen LogP contribution in [-0.2, 0) is 0 Å². The summed E-state index contributed by atoms with van der Waals surface area (Å²) in [5, 5.41) is 14.8. The number of anilines is 1. The first-order chi connectivity index (χ1) is 8.63. The molecule has 2 rings (SSSR count). The van der Waals surface area contributed by atoms with Gasteiger partial charge in [0.2, 0.25) is 0 Å². The first kappa shape index (κ1) is 13.1. The minimum Gasteiger partial charge on any atom is -0.362 e. The van der Waals surface area contributed by atoms with Crippen LogP contribution in [0.3, 0.4) is 0 Å². The van der Waals surface area contributed by atoms with Crippen LogP contribution in [0.4, 0.5) is 11.4 Å². The van der Waals surface area contributed by atoms with E-state index in [0.29, 0.717) is 16.8 Å². The molecule has 18 heavy (non-hydrogen) atoms. The fraction of sp³-hybridized carbons (Fsp3) is 0.500. The van der Waals surface area contributed by atoms with Crippen molar-refractivity contribution in [2.75, 3.05) is 24.5 Å². The van der Waals surface area contributed by atoms with Gasteiger partial charge in [0.15, 0.2) is 0 Å². The molecule has 1 aromatic rings. The van der Waals surface area contributed by atoms with Gasteiger partial charge in [0.25, 0.3) is 5.69 Å². The van der Waals surface area contributed by atoms with Crippen molar-refractivity contribution in [2.24, 2.45) is 0 Å². The van der Waals surface area contributed by atoms with Crippen LogP contribution in [0.5, 0.6) is 0 Å². The summed E-state index contributed by atoms with van der Waals surface area (Å²) >= 11 is 5.83. The van der Waals surface area contributed by atoms with Gasteiger partial charge in [-0.15, -0.1) is 0 Å². The summed E-state index contributed by atoms with van der Waals surface area (Å²) in [4.78, 5) is 12.8. The molecule has 1 heterocycles. The minimum atomic E-state index is -0.369. The summed E-state index contributed by atoms with van der Waals surface area (Å²) in [5.74, 6) is 0. The number of nitro groups is 1. The zero-order valence-corrected chi connectivity index (χ0v) is 11.0. The van der Waals surface area contributed by atoms with Crippen molar-refractivity contribution in [3.05, 3.63) is 33.3 Å². The van der Waals surface area contributed by atoms with Gasteiger partial charge in [-0.1, -0.05) is 11.6 Å². The van der Waals surface area contributed by atoms with Gasteiger partial charge < -0.3 is 10.2 Å². The predicted molar refractivity (Wildman–Crippen MR) is 72.4 cm³/mol. The van der Waals surface area contributed by atoms with E-state index in [4.69, 9.17) is 11.6 Å². The standard InChI is InChI=1S/C12H16ClN3O2/c1-2-15(10-5-6-14-8-10)11-4-3-9(13)7-12(11)16(17)18/h3-4,7,10,14H,2,5-6,8H2,1H3. The molecule has 0 radical (unpaired) electrons. The molecular weight excluding hydrogens is 254 g/mol. The molecular formula is C12H16ClN3O2. The molecule has 5 nitrogen and oxygen atoms in total. The van der Waals surface area contributed by atoms with Crippen LogP contribution < -0.4 is 10.2 Å². The predicted octanol–water partition coefficient (Wildman–Crippen LogP) is 2.44. The second kappa shape index (κ2) is 5.54. The maximum absolute atomic E-state index is 11.1. The Balaban J connectivity index is 2.37. The fourth-order valence-corrected chi connectivity index (χ4v) is 2.58. The van der Waals surface area contributed by atoms with E-state index >= 15 is 0 Å². The number of nitro benzene ring substituents is 1. The van der Waals surface area contributed by atoms with Crippen molar-refractivity contribution in [3.63, 3.8) is 0 Å². The third-order valence-electron chi connectivity index (χ3n) is 3.26. The lowest BCUT2D eigenvalue weighted by atomic mass is 10.1. The third-order valence-corrected chi connectivity index (χ3v) is 3.49. The molecule has 1 unspecified atom stereocenters. The number of nitrogens with one attached hydrogen (secondary N) is 1. The molecule has 1 N–H and O–H groups in total. The molecule has 0 bridgehead atoms. The van der Waals surface area contributed by atoms with E-state index in [0.717, 1.165) is 26.1 Å². The Kier molecular flexibility index (Phi) is 4.04. The lowest BCUT2D eigenvalue weighted by molar-refractivity contribution is -0.384. The van der Waals surface area contributed by atoms with Gasteiger partial charge in [-0.05, 0) is 32.0 Å². The highest BCUT2D eigenvalue weighted by Crippen LogP contribution is 2.32. The summed E-state index contributed by atoms with van der Waals surface area (Å²) in [5.41, 5.74) is 0.733. The topological polar surface area (TPSA) is 58.4 Å². The first-order valence-electron chi connectivity index (χ1n) is 6.04. The number of halogens is 1. The Morgan fingerprint density at radius 2 is 2.39 bits per heavy atom. The SMILES string of the molecule is CCN(c1ccc(Cl)cc1[N+](=O)[O-])C1CCNC1. The number of likely N-dealkylation sites (N-methyl/N-ethyl adjacent to an activating group) is 1. The zero-order valence-electron chi connectivity index (χ0n) is 10.2. The molecule has 1 saturated heterocycles. The average Bonchev–Trinajstić information content (AvgIpc) is 2.85. The number of benzene rings is 1. The Labute approximate surface area is 111 Å². The first-order valence-corrected chi connectivity index (χ1v) is 6.42. The molecule has 0 spiro atoms. The zero-order chi connectivity index (χ0) is 13.1.